The summed E-state index contributed by atoms with van der Waals surface area (Å²) in [5.74, 6) is -3.50. The summed E-state index contributed by atoms with van der Waals surface area (Å²) in [6.07, 6.45) is 2.07. The van der Waals surface area contributed by atoms with Crippen LogP contribution >= 0.6 is 11.8 Å². The van der Waals surface area contributed by atoms with E-state index in [0.717, 1.165) is 23.5 Å². The van der Waals surface area contributed by atoms with Crippen LogP contribution in [0.3, 0.4) is 0 Å². The van der Waals surface area contributed by atoms with E-state index in [2.05, 4.69) is 19.9 Å². The van der Waals surface area contributed by atoms with Gasteiger partial charge in [-0.15, -0.1) is 0 Å². The van der Waals surface area contributed by atoms with Crippen LogP contribution in [0.1, 0.15) is 34.0 Å². The van der Waals surface area contributed by atoms with Crippen LogP contribution in [0.25, 0.3) is 0 Å². The van der Waals surface area contributed by atoms with Crippen LogP contribution in [0.15, 0.2) is 94.2 Å². The third kappa shape index (κ3) is 7.97. The van der Waals surface area contributed by atoms with Crippen LogP contribution in [0.5, 0.6) is 28.9 Å². The molecule has 12 nitrogen and oxygen atoms in total. The zero-order valence-corrected chi connectivity index (χ0v) is 28.1. The lowest BCUT2D eigenvalue weighted by atomic mass is 10.1. The topological polar surface area (TPSA) is 158 Å². The van der Waals surface area contributed by atoms with Gasteiger partial charge in [0.1, 0.15) is 29.6 Å². The minimum Gasteiger partial charge on any atom is -0.485 e. The monoisotopic (exact) mass is 709 g/mol. The quantitative estimate of drug-likeness (QED) is 0.107. The van der Waals surface area contributed by atoms with Gasteiger partial charge in [0, 0.05) is 30.8 Å². The Morgan fingerprint density at radius 2 is 1.82 bits per heavy atom. The number of halogens is 2. The molecule has 6 rings (SSSR count). The number of pyridine rings is 1. The molecule has 1 aliphatic rings. The van der Waals surface area contributed by atoms with Gasteiger partial charge < -0.3 is 29.6 Å². The first-order valence-corrected chi connectivity index (χ1v) is 16.3. The third-order valence-corrected chi connectivity index (χ3v) is 8.25. The molecule has 0 saturated heterocycles. The van der Waals surface area contributed by atoms with E-state index in [1.807, 2.05) is 48.3 Å². The minimum atomic E-state index is -1.22. The zero-order chi connectivity index (χ0) is 35.9. The molecule has 3 heterocycles. The number of hydrogen-bond acceptors (Lipinski definition) is 13. The molecule has 2 N–H and O–H groups in total. The largest absolute Gasteiger partial charge is 0.485 e. The number of hydrogen-bond donors (Lipinski definition) is 1. The Hall–Kier alpha value is -6.27. The second-order valence-electron chi connectivity index (χ2n) is 10.9. The molecule has 1 aliphatic heterocycles. The summed E-state index contributed by atoms with van der Waals surface area (Å²) < 4.78 is 53.9. The number of nitrogens with two attached hydrogens (primary N) is 1. The van der Waals surface area contributed by atoms with Crippen molar-refractivity contribution in [2.45, 2.75) is 23.6 Å². The highest BCUT2D eigenvalue weighted by Gasteiger charge is 2.25. The van der Waals surface area contributed by atoms with Gasteiger partial charge in [0.2, 0.25) is 11.6 Å². The second-order valence-corrected chi connectivity index (χ2v) is 11.9. The van der Waals surface area contributed by atoms with Gasteiger partial charge in [-0.05, 0) is 54.6 Å². The number of rotatable bonds is 12. The van der Waals surface area contributed by atoms with E-state index in [-0.39, 0.29) is 52.6 Å². The summed E-state index contributed by atoms with van der Waals surface area (Å²) in [4.78, 5) is 31.5. The number of likely N-dealkylation sites (N-methyl/N-ethyl adjacent to an activating group) is 1. The number of carbonyl (C=O) groups is 1. The summed E-state index contributed by atoms with van der Waals surface area (Å²) in [7, 11) is 1.83. The molecule has 15 heteroatoms. The fourth-order valence-electron chi connectivity index (χ4n) is 4.88. The van der Waals surface area contributed by atoms with Gasteiger partial charge in [-0.25, -0.2) is 24.1 Å². The van der Waals surface area contributed by atoms with Crippen molar-refractivity contribution in [1.29, 1.82) is 5.26 Å². The number of benzene rings is 3. The van der Waals surface area contributed by atoms with E-state index in [0.29, 0.717) is 29.4 Å². The fourth-order valence-corrected chi connectivity index (χ4v) is 5.65. The highest BCUT2D eigenvalue weighted by Crippen LogP contribution is 2.39. The van der Waals surface area contributed by atoms with Crippen LogP contribution in [0.4, 0.5) is 14.6 Å². The predicted molar refractivity (Wildman–Crippen MR) is 183 cm³/mol. The van der Waals surface area contributed by atoms with Crippen molar-refractivity contribution < 1.29 is 32.5 Å². The lowest BCUT2D eigenvalue weighted by molar-refractivity contribution is 0.0526. The summed E-state index contributed by atoms with van der Waals surface area (Å²) in [6, 6.07) is 20.7. The molecular formula is C36H29F2N7O5S. The summed E-state index contributed by atoms with van der Waals surface area (Å²) in [5.41, 5.74) is 7.58. The van der Waals surface area contributed by atoms with E-state index in [9.17, 15) is 10.1 Å². The van der Waals surface area contributed by atoms with Crippen molar-refractivity contribution in [2.75, 3.05) is 32.5 Å². The van der Waals surface area contributed by atoms with Crippen molar-refractivity contribution >= 4 is 29.4 Å². The lowest BCUT2D eigenvalue weighted by Crippen LogP contribution is -2.24. The van der Waals surface area contributed by atoms with Gasteiger partial charge in [-0.1, -0.05) is 30.3 Å². The number of nitrogen functional groups attached to an aromatic ring is 1. The standard InChI is InChI=1S/C36H29F2N7O5S/c1-3-47-35(46)25-18-43-36(44-32(25)40)51-23-10-12-27(24(16-23)33-41-13-14-45(33)2)49-31-26(37)19-42-34(30(31)38)50-29-15-22(17-39)9-11-28(29)48-20-21-7-5-4-6-8-21/h4-12,15-16,18-19H,3,13-14,20H2,1-2H3,(H2,40,43,44). The molecule has 0 bridgehead atoms. The summed E-state index contributed by atoms with van der Waals surface area (Å²) in [6.45, 7) is 3.14. The molecule has 0 amide bonds. The maximum absolute atomic E-state index is 16.0. The molecule has 0 aliphatic carbocycles. The number of anilines is 1. The Morgan fingerprint density at radius 1 is 1.02 bits per heavy atom. The lowest BCUT2D eigenvalue weighted by Gasteiger charge is -2.19. The Morgan fingerprint density at radius 3 is 2.55 bits per heavy atom. The van der Waals surface area contributed by atoms with Gasteiger partial charge in [0.15, 0.2) is 22.5 Å². The number of nitrogens with zero attached hydrogens (tertiary/aromatic N) is 6. The molecule has 51 heavy (non-hydrogen) atoms. The number of ether oxygens (including phenoxy) is 4. The van der Waals surface area contributed by atoms with Crippen LogP contribution in [-0.4, -0.2) is 58.4 Å². The van der Waals surface area contributed by atoms with Crippen LogP contribution in [0.2, 0.25) is 0 Å². The number of aromatic nitrogens is 3. The van der Waals surface area contributed by atoms with E-state index < -0.39 is 29.2 Å². The van der Waals surface area contributed by atoms with Gasteiger partial charge in [-0.2, -0.15) is 9.65 Å². The Kier molecular flexibility index (Phi) is 10.5. The van der Waals surface area contributed by atoms with Crippen molar-refractivity contribution in [3.8, 4) is 34.9 Å². The number of esters is 1. The number of carbonyl (C=O) groups excluding carboxylic acids is 1. The van der Waals surface area contributed by atoms with Crippen LogP contribution < -0.4 is 19.9 Å². The number of nitriles is 1. The van der Waals surface area contributed by atoms with Crippen molar-refractivity contribution in [1.82, 2.24) is 19.9 Å². The zero-order valence-electron chi connectivity index (χ0n) is 27.3. The van der Waals surface area contributed by atoms with Crippen molar-refractivity contribution in [3.05, 3.63) is 113 Å². The fraction of sp³-hybridized carbons (Fsp3) is 0.167. The molecule has 0 saturated carbocycles. The summed E-state index contributed by atoms with van der Waals surface area (Å²) in [5, 5.41) is 9.73. The highest BCUT2D eigenvalue weighted by atomic mass is 32.2. The van der Waals surface area contributed by atoms with E-state index in [1.165, 1.54) is 30.5 Å². The Balaban J connectivity index is 1.29. The molecule has 0 unspecified atom stereocenters. The highest BCUT2D eigenvalue weighted by molar-refractivity contribution is 7.99. The minimum absolute atomic E-state index is 0.00362. The SMILES string of the molecule is CCOC(=O)c1cnc(Sc2ccc(Oc3c(F)cnc(Oc4cc(C#N)ccc4OCc4ccccc4)c3F)c(C3=NCCN3C)c2)nc1N. The van der Waals surface area contributed by atoms with E-state index in [4.69, 9.17) is 24.7 Å². The normalized spacial score (nSPS) is 12.2. The van der Waals surface area contributed by atoms with Crippen LogP contribution in [0, 0.1) is 23.0 Å². The van der Waals surface area contributed by atoms with Gasteiger partial charge >= 0.3 is 5.97 Å². The van der Waals surface area contributed by atoms with Gasteiger partial charge in [0.05, 0.1) is 36.5 Å². The molecule has 0 radical (unpaired) electrons. The first-order chi connectivity index (χ1) is 24.7. The van der Waals surface area contributed by atoms with Crippen molar-refractivity contribution in [3.63, 3.8) is 0 Å². The molecule has 5 aromatic rings. The van der Waals surface area contributed by atoms with Gasteiger partial charge in [0.25, 0.3) is 5.88 Å². The molecule has 0 atom stereocenters. The molecule has 258 valence electrons. The molecule has 3 aromatic carbocycles. The average molecular weight is 710 g/mol. The third-order valence-electron chi connectivity index (χ3n) is 7.38. The smallest absolute Gasteiger partial charge is 0.343 e. The predicted octanol–water partition coefficient (Wildman–Crippen LogP) is 6.79. The maximum Gasteiger partial charge on any atom is 0.343 e. The maximum atomic E-state index is 16.0. The molecule has 0 fully saturated rings. The molecule has 2 aromatic heterocycles. The Bertz CT molecular complexity index is 2160. The van der Waals surface area contributed by atoms with E-state index in [1.54, 1.807) is 19.1 Å². The van der Waals surface area contributed by atoms with Gasteiger partial charge in [-0.3, -0.25) is 4.99 Å². The van der Waals surface area contributed by atoms with Crippen molar-refractivity contribution in [2.24, 2.45) is 4.99 Å². The Labute approximate surface area is 295 Å². The second kappa shape index (κ2) is 15.5. The average Bonchev–Trinajstić information content (AvgIpc) is 3.57. The number of amidine groups is 1. The summed E-state index contributed by atoms with van der Waals surface area (Å²) >= 11 is 1.15. The first kappa shape index (κ1) is 34.6. The first-order valence-electron chi connectivity index (χ1n) is 15.5. The van der Waals surface area contributed by atoms with E-state index >= 15 is 8.78 Å². The molecular weight excluding hydrogens is 681 g/mol. The number of aliphatic imine (C=N–C) groups is 1. The van der Waals surface area contributed by atoms with Crippen LogP contribution in [-0.2, 0) is 11.3 Å². The molecule has 0 spiro atoms.